The molecular weight excluding hydrogens is 376 g/mol. The topological polar surface area (TPSA) is 61.2 Å². The Morgan fingerprint density at radius 3 is 2.50 bits per heavy atom. The molecule has 6 heteroatoms. The van der Waals surface area contributed by atoms with Crippen molar-refractivity contribution < 1.29 is 14.3 Å². The maximum atomic E-state index is 12.8. The third-order valence-corrected chi connectivity index (χ3v) is 6.02. The zero-order chi connectivity index (χ0) is 20.1. The van der Waals surface area contributed by atoms with Gasteiger partial charge >= 0.3 is 5.97 Å². The monoisotopic (exact) mass is 402 g/mol. The lowest BCUT2D eigenvalue weighted by molar-refractivity contribution is -0.146. The first-order chi connectivity index (χ1) is 13.5. The molecule has 5 nitrogen and oxygen atoms in total. The number of carbonyl (C=O) groups is 2. The SMILES string of the molecule is COC(=O)C1CCC(CCC(=O)c2cnc(Cl)n2Cc2ccc(C)cc2)CC1. The summed E-state index contributed by atoms with van der Waals surface area (Å²) in [6, 6.07) is 8.18. The Bertz CT molecular complexity index is 821. The van der Waals surface area contributed by atoms with E-state index in [2.05, 4.69) is 4.98 Å². The third kappa shape index (κ3) is 5.02. The quantitative estimate of drug-likeness (QED) is 0.491. The molecule has 0 unspecified atom stereocenters. The summed E-state index contributed by atoms with van der Waals surface area (Å²) in [5.74, 6) is 0.464. The van der Waals surface area contributed by atoms with Crippen LogP contribution in [0.15, 0.2) is 30.5 Å². The van der Waals surface area contributed by atoms with E-state index in [4.69, 9.17) is 16.3 Å². The van der Waals surface area contributed by atoms with Gasteiger partial charge in [-0.05, 0) is 62.1 Å². The number of carbonyl (C=O) groups excluding carboxylic acids is 2. The average Bonchev–Trinajstić information content (AvgIpc) is 3.08. The molecule has 0 saturated heterocycles. The summed E-state index contributed by atoms with van der Waals surface area (Å²) in [7, 11) is 1.44. The number of imidazole rings is 1. The Kier molecular flexibility index (Phi) is 6.89. The number of ether oxygens (including phenoxy) is 1. The Hall–Kier alpha value is -2.14. The standard InChI is InChI=1S/C22H27ClN2O3/c1-15-3-5-17(6-4-15)14-25-19(13-24-22(25)23)20(26)12-9-16-7-10-18(11-8-16)21(27)28-2/h3-6,13,16,18H,7-12,14H2,1-2H3. The van der Waals surface area contributed by atoms with E-state index in [1.807, 2.05) is 31.2 Å². The zero-order valence-electron chi connectivity index (χ0n) is 16.5. The molecule has 1 aromatic carbocycles. The number of hydrogen-bond donors (Lipinski definition) is 0. The predicted molar refractivity (Wildman–Crippen MR) is 109 cm³/mol. The van der Waals surface area contributed by atoms with Crippen molar-refractivity contribution in [2.45, 2.75) is 52.0 Å². The Morgan fingerprint density at radius 1 is 1.18 bits per heavy atom. The van der Waals surface area contributed by atoms with Crippen molar-refractivity contribution in [3.05, 3.63) is 52.6 Å². The third-order valence-electron chi connectivity index (χ3n) is 5.71. The van der Waals surface area contributed by atoms with E-state index in [1.165, 1.54) is 12.7 Å². The molecule has 0 spiro atoms. The molecule has 0 atom stereocenters. The second kappa shape index (κ2) is 9.37. The van der Waals surface area contributed by atoms with Gasteiger partial charge in [0.25, 0.3) is 0 Å². The van der Waals surface area contributed by atoms with Gasteiger partial charge in [-0.2, -0.15) is 0 Å². The first kappa shape index (κ1) is 20.6. The largest absolute Gasteiger partial charge is 0.469 e. The van der Waals surface area contributed by atoms with Gasteiger partial charge in [0, 0.05) is 6.42 Å². The molecule has 0 aliphatic heterocycles. The van der Waals surface area contributed by atoms with E-state index in [0.717, 1.165) is 37.7 Å². The van der Waals surface area contributed by atoms with E-state index in [0.29, 0.717) is 29.9 Å². The van der Waals surface area contributed by atoms with E-state index >= 15 is 0 Å². The van der Waals surface area contributed by atoms with E-state index in [-0.39, 0.29) is 17.7 Å². The summed E-state index contributed by atoms with van der Waals surface area (Å²) in [5, 5.41) is 0.336. The minimum atomic E-state index is -0.107. The molecule has 3 rings (SSSR count). The number of benzene rings is 1. The molecule has 1 heterocycles. The fourth-order valence-electron chi connectivity index (χ4n) is 3.92. The number of halogens is 1. The van der Waals surface area contributed by atoms with Crippen LogP contribution in [0.25, 0.3) is 0 Å². The second-order valence-corrected chi connectivity index (χ2v) is 8.02. The summed E-state index contributed by atoms with van der Waals surface area (Å²) in [6.07, 6.45) is 6.52. The lowest BCUT2D eigenvalue weighted by Gasteiger charge is -2.26. The van der Waals surface area contributed by atoms with Crippen LogP contribution >= 0.6 is 11.6 Å². The van der Waals surface area contributed by atoms with E-state index < -0.39 is 0 Å². The molecule has 0 N–H and O–H groups in total. The van der Waals surface area contributed by atoms with Crippen molar-refractivity contribution in [3.63, 3.8) is 0 Å². The number of ketones is 1. The van der Waals surface area contributed by atoms with Gasteiger partial charge in [0.2, 0.25) is 5.28 Å². The van der Waals surface area contributed by atoms with Crippen molar-refractivity contribution in [2.75, 3.05) is 7.11 Å². The smallest absolute Gasteiger partial charge is 0.308 e. The molecule has 150 valence electrons. The summed E-state index contributed by atoms with van der Waals surface area (Å²) >= 11 is 6.23. The van der Waals surface area contributed by atoms with Gasteiger partial charge in [-0.1, -0.05) is 29.8 Å². The molecule has 1 aliphatic carbocycles. The molecule has 28 heavy (non-hydrogen) atoms. The fourth-order valence-corrected chi connectivity index (χ4v) is 4.12. The molecule has 0 radical (unpaired) electrons. The predicted octanol–water partition coefficient (Wildman–Crippen LogP) is 4.84. The average molecular weight is 403 g/mol. The van der Waals surface area contributed by atoms with Crippen LogP contribution in [0, 0.1) is 18.8 Å². The highest BCUT2D eigenvalue weighted by Gasteiger charge is 2.27. The number of aromatic nitrogens is 2. The lowest BCUT2D eigenvalue weighted by Crippen LogP contribution is -2.23. The van der Waals surface area contributed by atoms with Crippen LogP contribution in [0.4, 0.5) is 0 Å². The lowest BCUT2D eigenvalue weighted by atomic mass is 9.79. The Balaban J connectivity index is 1.57. The van der Waals surface area contributed by atoms with Crippen LogP contribution in [0.5, 0.6) is 0 Å². The molecular formula is C22H27ClN2O3. The van der Waals surface area contributed by atoms with Crippen LogP contribution in [0.2, 0.25) is 5.28 Å². The second-order valence-electron chi connectivity index (χ2n) is 7.69. The van der Waals surface area contributed by atoms with E-state index in [1.54, 1.807) is 10.8 Å². The number of hydrogen-bond acceptors (Lipinski definition) is 4. The summed E-state index contributed by atoms with van der Waals surface area (Å²) in [4.78, 5) is 28.6. The molecule has 1 fully saturated rings. The summed E-state index contributed by atoms with van der Waals surface area (Å²) < 4.78 is 6.62. The number of nitrogens with zero attached hydrogens (tertiary/aromatic N) is 2. The zero-order valence-corrected chi connectivity index (χ0v) is 17.2. The Labute approximate surface area is 171 Å². The highest BCUT2D eigenvalue weighted by molar-refractivity contribution is 6.28. The first-order valence-electron chi connectivity index (χ1n) is 9.85. The van der Waals surface area contributed by atoms with Gasteiger partial charge in [0.1, 0.15) is 5.69 Å². The van der Waals surface area contributed by atoms with Crippen LogP contribution in [-0.2, 0) is 16.1 Å². The number of Topliss-reactive ketones (excluding diaryl/α,β-unsaturated/α-hetero) is 1. The maximum Gasteiger partial charge on any atom is 0.308 e. The van der Waals surface area contributed by atoms with Crippen molar-refractivity contribution in [1.29, 1.82) is 0 Å². The van der Waals surface area contributed by atoms with Crippen molar-refractivity contribution in [1.82, 2.24) is 9.55 Å². The summed E-state index contributed by atoms with van der Waals surface area (Å²) in [6.45, 7) is 2.58. The molecule has 1 aliphatic rings. The molecule has 0 amide bonds. The molecule has 1 saturated carbocycles. The number of esters is 1. The minimum absolute atomic E-state index is 0.0201. The minimum Gasteiger partial charge on any atom is -0.469 e. The molecule has 1 aromatic heterocycles. The Morgan fingerprint density at radius 2 is 1.86 bits per heavy atom. The fraction of sp³-hybridized carbons (Fsp3) is 0.500. The number of aryl methyl sites for hydroxylation is 1. The number of methoxy groups -OCH3 is 1. The van der Waals surface area contributed by atoms with Gasteiger partial charge in [-0.25, -0.2) is 4.98 Å². The van der Waals surface area contributed by atoms with Gasteiger partial charge in [-0.3, -0.25) is 9.59 Å². The van der Waals surface area contributed by atoms with Crippen molar-refractivity contribution in [2.24, 2.45) is 11.8 Å². The maximum absolute atomic E-state index is 12.8. The highest BCUT2D eigenvalue weighted by Crippen LogP contribution is 2.32. The highest BCUT2D eigenvalue weighted by atomic mass is 35.5. The van der Waals surface area contributed by atoms with Gasteiger partial charge < -0.3 is 9.30 Å². The normalized spacial score (nSPS) is 19.4. The molecule has 0 bridgehead atoms. The van der Waals surface area contributed by atoms with Crippen LogP contribution in [0.1, 0.15) is 60.1 Å². The van der Waals surface area contributed by atoms with Gasteiger partial charge in [0.15, 0.2) is 5.78 Å². The van der Waals surface area contributed by atoms with E-state index in [9.17, 15) is 9.59 Å². The molecule has 2 aromatic rings. The summed E-state index contributed by atoms with van der Waals surface area (Å²) in [5.41, 5.74) is 2.84. The van der Waals surface area contributed by atoms with Crippen LogP contribution < -0.4 is 0 Å². The first-order valence-corrected chi connectivity index (χ1v) is 10.2. The van der Waals surface area contributed by atoms with Gasteiger partial charge in [-0.15, -0.1) is 0 Å². The van der Waals surface area contributed by atoms with Crippen molar-refractivity contribution in [3.8, 4) is 0 Å². The van der Waals surface area contributed by atoms with Crippen LogP contribution in [-0.4, -0.2) is 28.4 Å². The van der Waals surface area contributed by atoms with Crippen molar-refractivity contribution >= 4 is 23.4 Å². The van der Waals surface area contributed by atoms with Crippen LogP contribution in [0.3, 0.4) is 0 Å². The number of rotatable bonds is 7. The van der Waals surface area contributed by atoms with Gasteiger partial charge in [0.05, 0.1) is 25.8 Å².